The molecule has 0 aromatic carbocycles. The van der Waals surface area contributed by atoms with Gasteiger partial charge < -0.3 is 10.6 Å². The van der Waals surface area contributed by atoms with Crippen molar-refractivity contribution in [2.24, 2.45) is 5.73 Å². The molecular weight excluding hydrogens is 274 g/mol. The molecular formula is C13H19N5OS. The maximum Gasteiger partial charge on any atom is 0.244 e. The van der Waals surface area contributed by atoms with Crippen molar-refractivity contribution in [1.82, 2.24) is 19.9 Å². The molecule has 0 aliphatic rings. The quantitative estimate of drug-likeness (QED) is 0.858. The second-order valence-corrected chi connectivity index (χ2v) is 5.78. The fourth-order valence-electron chi connectivity index (χ4n) is 1.86. The minimum absolute atomic E-state index is 0.0162. The number of carbonyl (C=O) groups is 1. The molecule has 0 saturated carbocycles. The number of nitrogens with two attached hydrogens (primary N) is 1. The first kappa shape index (κ1) is 14.7. The van der Waals surface area contributed by atoms with Gasteiger partial charge >= 0.3 is 0 Å². The molecule has 2 N–H and O–H groups in total. The number of nitrogens with zero attached hydrogens (tertiary/aromatic N) is 4. The van der Waals surface area contributed by atoms with Crippen LogP contribution in [0.5, 0.6) is 0 Å². The Morgan fingerprint density at radius 2 is 2.40 bits per heavy atom. The molecule has 0 fully saturated rings. The maximum absolute atomic E-state index is 12.2. The summed E-state index contributed by atoms with van der Waals surface area (Å²) in [5.74, 6) is 0.0162. The lowest BCUT2D eigenvalue weighted by molar-refractivity contribution is -0.132. The van der Waals surface area contributed by atoms with E-state index in [0.717, 1.165) is 6.42 Å². The fourth-order valence-corrected chi connectivity index (χ4v) is 2.69. The average molecular weight is 293 g/mol. The molecule has 2 aromatic rings. The topological polar surface area (TPSA) is 77.0 Å². The lowest BCUT2D eigenvalue weighted by Gasteiger charge is -2.24. The number of amides is 1. The highest BCUT2D eigenvalue weighted by Crippen LogP contribution is 2.13. The van der Waals surface area contributed by atoms with Crippen LogP contribution in [0.15, 0.2) is 23.7 Å². The Morgan fingerprint density at radius 3 is 3.00 bits per heavy atom. The molecule has 108 valence electrons. The van der Waals surface area contributed by atoms with Crippen molar-refractivity contribution in [3.8, 4) is 0 Å². The van der Waals surface area contributed by atoms with Crippen LogP contribution < -0.4 is 5.73 Å². The second kappa shape index (κ2) is 6.62. The van der Waals surface area contributed by atoms with E-state index in [4.69, 9.17) is 5.73 Å². The first-order valence-electron chi connectivity index (χ1n) is 6.47. The van der Waals surface area contributed by atoms with E-state index in [0.29, 0.717) is 12.2 Å². The van der Waals surface area contributed by atoms with Gasteiger partial charge in [0.2, 0.25) is 5.91 Å². The van der Waals surface area contributed by atoms with Crippen LogP contribution in [0, 0.1) is 0 Å². The number of hydrogen-bond donors (Lipinski definition) is 1. The van der Waals surface area contributed by atoms with Crippen molar-refractivity contribution in [2.75, 3.05) is 7.05 Å². The van der Waals surface area contributed by atoms with Crippen LogP contribution in [0.25, 0.3) is 0 Å². The lowest BCUT2D eigenvalue weighted by Crippen LogP contribution is -2.38. The number of rotatable bonds is 6. The fraction of sp³-hybridized carbons (Fsp3) is 0.462. The summed E-state index contributed by atoms with van der Waals surface area (Å²) in [5.41, 5.74) is 6.15. The van der Waals surface area contributed by atoms with Gasteiger partial charge in [-0.1, -0.05) is 11.3 Å². The Labute approximate surface area is 122 Å². The molecule has 0 spiro atoms. The van der Waals surface area contributed by atoms with Crippen LogP contribution in [0.2, 0.25) is 0 Å². The minimum atomic E-state index is 0.0162. The zero-order valence-corrected chi connectivity index (χ0v) is 12.5. The van der Waals surface area contributed by atoms with Gasteiger partial charge in [-0.3, -0.25) is 4.79 Å². The van der Waals surface area contributed by atoms with Crippen molar-refractivity contribution in [2.45, 2.75) is 32.5 Å². The van der Waals surface area contributed by atoms with E-state index in [1.165, 1.54) is 9.56 Å². The smallest absolute Gasteiger partial charge is 0.244 e. The molecule has 2 rings (SSSR count). The minimum Gasteiger partial charge on any atom is -0.341 e. The molecule has 20 heavy (non-hydrogen) atoms. The standard InChI is InChI=1S/C13H19N5OS/c1-10(6-12-4-3-5-20-12)17(2)13(19)9-18-8-11(7-14)15-16-18/h3-5,8,10H,6-7,9,14H2,1-2H3. The van der Waals surface area contributed by atoms with Crippen LogP contribution in [-0.2, 0) is 24.3 Å². The molecule has 6 nitrogen and oxygen atoms in total. The van der Waals surface area contributed by atoms with Gasteiger partial charge in [0.25, 0.3) is 0 Å². The molecule has 7 heteroatoms. The number of aromatic nitrogens is 3. The molecule has 1 unspecified atom stereocenters. The number of carbonyl (C=O) groups excluding carboxylic acids is 1. The van der Waals surface area contributed by atoms with Gasteiger partial charge in [-0.05, 0) is 18.4 Å². The number of thiophene rings is 1. The third-order valence-electron chi connectivity index (χ3n) is 3.22. The molecule has 1 amide bonds. The summed E-state index contributed by atoms with van der Waals surface area (Å²) in [4.78, 5) is 15.2. The van der Waals surface area contributed by atoms with Crippen molar-refractivity contribution < 1.29 is 4.79 Å². The Hall–Kier alpha value is -1.73. The predicted octanol–water partition coefficient (Wildman–Crippen LogP) is 0.888. The molecule has 0 aliphatic carbocycles. The normalized spacial score (nSPS) is 12.3. The largest absolute Gasteiger partial charge is 0.341 e. The van der Waals surface area contributed by atoms with Crippen LogP contribution in [-0.4, -0.2) is 38.9 Å². The van der Waals surface area contributed by atoms with E-state index < -0.39 is 0 Å². The van der Waals surface area contributed by atoms with Gasteiger partial charge in [-0.15, -0.1) is 16.4 Å². The van der Waals surface area contributed by atoms with E-state index >= 15 is 0 Å². The lowest BCUT2D eigenvalue weighted by atomic mass is 10.2. The molecule has 0 saturated heterocycles. The van der Waals surface area contributed by atoms with E-state index in [-0.39, 0.29) is 18.5 Å². The van der Waals surface area contributed by atoms with Crippen molar-refractivity contribution in [1.29, 1.82) is 0 Å². The Bertz CT molecular complexity index is 551. The van der Waals surface area contributed by atoms with Crippen LogP contribution in [0.3, 0.4) is 0 Å². The Morgan fingerprint density at radius 1 is 1.60 bits per heavy atom. The Kier molecular flexibility index (Phi) is 4.86. The first-order valence-corrected chi connectivity index (χ1v) is 7.35. The Balaban J connectivity index is 1.90. The number of likely N-dealkylation sites (N-methyl/N-ethyl adjacent to an activating group) is 1. The summed E-state index contributed by atoms with van der Waals surface area (Å²) >= 11 is 1.71. The van der Waals surface area contributed by atoms with Gasteiger partial charge in [-0.2, -0.15) is 0 Å². The van der Waals surface area contributed by atoms with Crippen molar-refractivity contribution in [3.63, 3.8) is 0 Å². The maximum atomic E-state index is 12.2. The zero-order valence-electron chi connectivity index (χ0n) is 11.7. The molecule has 2 aromatic heterocycles. The molecule has 0 radical (unpaired) electrons. The highest BCUT2D eigenvalue weighted by Gasteiger charge is 2.17. The zero-order chi connectivity index (χ0) is 14.5. The molecule has 1 atom stereocenters. The monoisotopic (exact) mass is 293 g/mol. The van der Waals surface area contributed by atoms with Gasteiger partial charge in [-0.25, -0.2) is 4.68 Å². The van der Waals surface area contributed by atoms with Crippen LogP contribution >= 0.6 is 11.3 Å². The third-order valence-corrected chi connectivity index (χ3v) is 4.12. The summed E-state index contributed by atoms with van der Waals surface area (Å²) in [6.07, 6.45) is 2.57. The second-order valence-electron chi connectivity index (χ2n) is 4.75. The van der Waals surface area contributed by atoms with Crippen molar-refractivity contribution >= 4 is 17.2 Å². The van der Waals surface area contributed by atoms with E-state index in [2.05, 4.69) is 16.4 Å². The average Bonchev–Trinajstić information content (AvgIpc) is 3.09. The van der Waals surface area contributed by atoms with Crippen LogP contribution in [0.4, 0.5) is 0 Å². The summed E-state index contributed by atoms with van der Waals surface area (Å²) < 4.78 is 1.53. The SMILES string of the molecule is CC(Cc1cccs1)N(C)C(=O)Cn1cc(CN)nn1. The van der Waals surface area contributed by atoms with Crippen LogP contribution in [0.1, 0.15) is 17.5 Å². The summed E-state index contributed by atoms with van der Waals surface area (Å²) in [6.45, 7) is 2.57. The van der Waals surface area contributed by atoms with Gasteiger partial charge in [0.05, 0.1) is 11.9 Å². The first-order chi connectivity index (χ1) is 9.60. The highest BCUT2D eigenvalue weighted by atomic mass is 32.1. The predicted molar refractivity (Wildman–Crippen MR) is 78.2 cm³/mol. The highest BCUT2D eigenvalue weighted by molar-refractivity contribution is 7.09. The van der Waals surface area contributed by atoms with Crippen molar-refractivity contribution in [3.05, 3.63) is 34.3 Å². The van der Waals surface area contributed by atoms with E-state index in [1.54, 1.807) is 22.4 Å². The summed E-state index contributed by atoms with van der Waals surface area (Å²) in [6, 6.07) is 4.27. The van der Waals surface area contributed by atoms with Gasteiger partial charge in [0, 0.05) is 30.9 Å². The number of hydrogen-bond acceptors (Lipinski definition) is 5. The molecule has 0 aliphatic heterocycles. The van der Waals surface area contributed by atoms with Gasteiger partial charge in [0.15, 0.2) is 0 Å². The molecule has 2 heterocycles. The molecule has 0 bridgehead atoms. The van der Waals surface area contributed by atoms with E-state index in [9.17, 15) is 4.79 Å². The summed E-state index contributed by atoms with van der Waals surface area (Å²) in [7, 11) is 1.82. The van der Waals surface area contributed by atoms with Gasteiger partial charge in [0.1, 0.15) is 6.54 Å². The van der Waals surface area contributed by atoms with E-state index in [1.807, 2.05) is 25.4 Å². The third kappa shape index (κ3) is 3.64. The summed E-state index contributed by atoms with van der Waals surface area (Å²) in [5, 5.41) is 9.81.